The van der Waals surface area contributed by atoms with Gasteiger partial charge in [0.2, 0.25) is 0 Å². The lowest BCUT2D eigenvalue weighted by atomic mass is 10.1. The van der Waals surface area contributed by atoms with Crippen LogP contribution in [0.5, 0.6) is 0 Å². The van der Waals surface area contributed by atoms with E-state index in [0.717, 1.165) is 41.2 Å². The van der Waals surface area contributed by atoms with E-state index >= 15 is 0 Å². The molecular formula is C21H22N6. The molecule has 0 radical (unpaired) electrons. The van der Waals surface area contributed by atoms with E-state index in [1.165, 1.54) is 5.56 Å². The van der Waals surface area contributed by atoms with Crippen LogP contribution in [-0.2, 0) is 6.42 Å². The molecule has 6 nitrogen and oxygen atoms in total. The van der Waals surface area contributed by atoms with Crippen molar-refractivity contribution < 1.29 is 0 Å². The second-order valence-electron chi connectivity index (χ2n) is 6.61. The van der Waals surface area contributed by atoms with E-state index in [1.807, 2.05) is 49.3 Å². The Bertz CT molecular complexity index is 1040. The first-order chi connectivity index (χ1) is 13.2. The van der Waals surface area contributed by atoms with E-state index in [0.29, 0.717) is 0 Å². The Labute approximate surface area is 158 Å². The van der Waals surface area contributed by atoms with Crippen LogP contribution in [0.15, 0.2) is 67.3 Å². The van der Waals surface area contributed by atoms with Crippen molar-refractivity contribution in [1.82, 2.24) is 19.6 Å². The van der Waals surface area contributed by atoms with Crippen LogP contribution in [0, 0.1) is 0 Å². The van der Waals surface area contributed by atoms with Crippen molar-refractivity contribution in [2.24, 2.45) is 0 Å². The van der Waals surface area contributed by atoms with Gasteiger partial charge in [-0.1, -0.05) is 18.2 Å². The Balaban J connectivity index is 1.59. The Kier molecular flexibility index (Phi) is 4.70. The highest BCUT2D eigenvalue weighted by Gasteiger charge is 2.11. The quantitative estimate of drug-likeness (QED) is 0.572. The second kappa shape index (κ2) is 7.45. The maximum absolute atomic E-state index is 4.56. The molecule has 0 atom stereocenters. The van der Waals surface area contributed by atoms with Gasteiger partial charge in [-0.15, -0.1) is 0 Å². The zero-order valence-corrected chi connectivity index (χ0v) is 15.5. The number of rotatable bonds is 6. The predicted molar refractivity (Wildman–Crippen MR) is 109 cm³/mol. The van der Waals surface area contributed by atoms with Gasteiger partial charge in [0.15, 0.2) is 5.65 Å². The first kappa shape index (κ1) is 17.0. The van der Waals surface area contributed by atoms with Gasteiger partial charge in [-0.25, -0.2) is 4.98 Å². The van der Waals surface area contributed by atoms with Crippen molar-refractivity contribution in [1.29, 1.82) is 0 Å². The average molecular weight is 358 g/mol. The molecule has 1 aromatic carbocycles. The van der Waals surface area contributed by atoms with E-state index in [-0.39, 0.29) is 0 Å². The molecule has 0 bridgehead atoms. The zero-order valence-electron chi connectivity index (χ0n) is 15.5. The molecule has 0 aliphatic rings. The number of benzene rings is 1. The van der Waals surface area contributed by atoms with Crippen molar-refractivity contribution in [2.45, 2.75) is 6.42 Å². The minimum atomic E-state index is 0.802. The molecule has 1 N–H and O–H groups in total. The van der Waals surface area contributed by atoms with Crippen molar-refractivity contribution in [3.8, 4) is 11.1 Å². The molecule has 27 heavy (non-hydrogen) atoms. The fraction of sp³-hybridized carbons (Fsp3) is 0.190. The summed E-state index contributed by atoms with van der Waals surface area (Å²) in [5.41, 5.74) is 5.33. The van der Waals surface area contributed by atoms with Crippen LogP contribution in [0.3, 0.4) is 0 Å². The third-order valence-electron chi connectivity index (χ3n) is 4.52. The van der Waals surface area contributed by atoms with Crippen LogP contribution < -0.4 is 10.2 Å². The molecule has 0 amide bonds. The maximum Gasteiger partial charge on any atom is 0.165 e. The fourth-order valence-electron chi connectivity index (χ4n) is 3.06. The van der Waals surface area contributed by atoms with E-state index in [9.17, 15) is 0 Å². The number of pyridine rings is 1. The Hall–Kier alpha value is -3.41. The maximum atomic E-state index is 4.56. The molecule has 0 aliphatic heterocycles. The van der Waals surface area contributed by atoms with Gasteiger partial charge in [-0.05, 0) is 41.8 Å². The van der Waals surface area contributed by atoms with Crippen LogP contribution in [0.4, 0.5) is 11.5 Å². The Morgan fingerprint density at radius 3 is 2.78 bits per heavy atom. The number of aromatic nitrogens is 4. The molecular weight excluding hydrogens is 336 g/mol. The van der Waals surface area contributed by atoms with Gasteiger partial charge in [0.05, 0.1) is 6.20 Å². The average Bonchev–Trinajstić information content (AvgIpc) is 3.14. The van der Waals surface area contributed by atoms with Gasteiger partial charge in [0.1, 0.15) is 5.82 Å². The first-order valence-electron chi connectivity index (χ1n) is 8.95. The highest BCUT2D eigenvalue weighted by Crippen LogP contribution is 2.27. The van der Waals surface area contributed by atoms with Crippen LogP contribution in [0.2, 0.25) is 0 Å². The normalized spacial score (nSPS) is 10.9. The van der Waals surface area contributed by atoms with Gasteiger partial charge >= 0.3 is 0 Å². The largest absolute Gasteiger partial charge is 0.378 e. The highest BCUT2D eigenvalue weighted by molar-refractivity contribution is 5.79. The smallest absolute Gasteiger partial charge is 0.165 e. The molecule has 0 saturated carbocycles. The number of nitrogens with one attached hydrogen (secondary N) is 1. The minimum absolute atomic E-state index is 0.802. The summed E-state index contributed by atoms with van der Waals surface area (Å²) in [6.45, 7) is 0.802. The molecule has 0 fully saturated rings. The summed E-state index contributed by atoms with van der Waals surface area (Å²) >= 11 is 0. The number of fused-ring (bicyclic) bond motifs is 1. The van der Waals surface area contributed by atoms with Gasteiger partial charge in [0, 0.05) is 50.5 Å². The predicted octanol–water partition coefficient (Wildman–Crippen LogP) is 3.51. The molecule has 0 aliphatic carbocycles. The van der Waals surface area contributed by atoms with Crippen LogP contribution in [0.1, 0.15) is 5.56 Å². The Morgan fingerprint density at radius 1 is 1.04 bits per heavy atom. The summed E-state index contributed by atoms with van der Waals surface area (Å²) in [5, 5.41) is 8.02. The lowest BCUT2D eigenvalue weighted by molar-refractivity contribution is 0.911. The van der Waals surface area contributed by atoms with Gasteiger partial charge in [-0.2, -0.15) is 9.61 Å². The molecule has 3 heterocycles. The van der Waals surface area contributed by atoms with E-state index in [2.05, 4.69) is 55.6 Å². The summed E-state index contributed by atoms with van der Waals surface area (Å²) < 4.78 is 1.86. The van der Waals surface area contributed by atoms with E-state index < -0.39 is 0 Å². The van der Waals surface area contributed by atoms with Gasteiger partial charge in [0.25, 0.3) is 0 Å². The lowest BCUT2D eigenvalue weighted by Gasteiger charge is -2.13. The fourth-order valence-corrected chi connectivity index (χ4v) is 3.06. The number of hydrogen-bond donors (Lipinski definition) is 1. The summed E-state index contributed by atoms with van der Waals surface area (Å²) in [6.07, 6.45) is 8.29. The van der Waals surface area contributed by atoms with Crippen LogP contribution >= 0.6 is 0 Å². The van der Waals surface area contributed by atoms with Gasteiger partial charge < -0.3 is 10.2 Å². The SMILES string of the molecule is CN(C)c1cccc(-c2cnn3c(NCCc4cccnc4)ccnc23)c1. The molecule has 0 spiro atoms. The molecule has 136 valence electrons. The molecule has 6 heteroatoms. The van der Waals surface area contributed by atoms with Crippen molar-refractivity contribution in [3.63, 3.8) is 0 Å². The first-order valence-corrected chi connectivity index (χ1v) is 8.95. The summed E-state index contributed by atoms with van der Waals surface area (Å²) in [7, 11) is 4.08. The Morgan fingerprint density at radius 2 is 1.96 bits per heavy atom. The van der Waals surface area contributed by atoms with Gasteiger partial charge in [-0.3, -0.25) is 4.98 Å². The molecule has 3 aromatic heterocycles. The van der Waals surface area contributed by atoms with Crippen molar-refractivity contribution >= 4 is 17.2 Å². The van der Waals surface area contributed by atoms with Crippen LogP contribution in [-0.4, -0.2) is 40.2 Å². The molecule has 4 aromatic rings. The molecule has 0 saturated heterocycles. The lowest BCUT2D eigenvalue weighted by Crippen LogP contribution is -2.09. The minimum Gasteiger partial charge on any atom is -0.378 e. The second-order valence-corrected chi connectivity index (χ2v) is 6.61. The summed E-state index contributed by atoms with van der Waals surface area (Å²) in [6, 6.07) is 14.4. The standard InChI is InChI=1S/C21H22N6/c1-26(2)18-7-3-6-17(13-18)19-15-25-27-20(9-12-24-21(19)27)23-11-8-16-5-4-10-22-14-16/h3-7,9-10,12-15,23H,8,11H2,1-2H3. The molecule has 4 rings (SSSR count). The summed E-state index contributed by atoms with van der Waals surface area (Å²) in [5.74, 6) is 0.930. The third kappa shape index (κ3) is 3.60. The molecule has 0 unspecified atom stereocenters. The highest BCUT2D eigenvalue weighted by atomic mass is 15.3. The van der Waals surface area contributed by atoms with E-state index in [4.69, 9.17) is 0 Å². The number of hydrogen-bond acceptors (Lipinski definition) is 5. The van der Waals surface area contributed by atoms with Crippen LogP contribution in [0.25, 0.3) is 16.8 Å². The topological polar surface area (TPSA) is 58.4 Å². The number of nitrogens with zero attached hydrogens (tertiary/aromatic N) is 5. The van der Waals surface area contributed by atoms with Crippen molar-refractivity contribution in [2.75, 3.05) is 30.9 Å². The monoisotopic (exact) mass is 358 g/mol. The third-order valence-corrected chi connectivity index (χ3v) is 4.52. The van der Waals surface area contributed by atoms with E-state index in [1.54, 1.807) is 6.20 Å². The number of anilines is 2. The van der Waals surface area contributed by atoms with Crippen molar-refractivity contribution in [3.05, 3.63) is 72.8 Å². The zero-order chi connectivity index (χ0) is 18.6. The summed E-state index contributed by atoms with van der Waals surface area (Å²) in [4.78, 5) is 10.8.